The summed E-state index contributed by atoms with van der Waals surface area (Å²) in [6.45, 7) is 2.16. The van der Waals surface area contributed by atoms with E-state index in [2.05, 4.69) is 0 Å². The van der Waals surface area contributed by atoms with Crippen molar-refractivity contribution in [1.82, 2.24) is 9.29 Å². The van der Waals surface area contributed by atoms with E-state index in [0.29, 0.717) is 42.7 Å². The summed E-state index contributed by atoms with van der Waals surface area (Å²) in [5.41, 5.74) is 1.18. The molecule has 35 heavy (non-hydrogen) atoms. The largest absolute Gasteiger partial charge is 0.497 e. The number of fused-ring (bicyclic) bond motifs is 1. The van der Waals surface area contributed by atoms with Gasteiger partial charge in [0.15, 0.2) is 5.13 Å². The lowest BCUT2D eigenvalue weighted by molar-refractivity contribution is 0.0917. The molecule has 3 aromatic rings. The summed E-state index contributed by atoms with van der Waals surface area (Å²) in [5.74, 6) is 0.477. The summed E-state index contributed by atoms with van der Waals surface area (Å²) < 4.78 is 39.6. The Morgan fingerprint density at radius 1 is 1.14 bits per heavy atom. The molecule has 2 fully saturated rings. The van der Waals surface area contributed by atoms with E-state index in [1.807, 2.05) is 18.2 Å². The number of carbonyl (C=O) groups excluding carboxylic acids is 1. The predicted octanol–water partition coefficient (Wildman–Crippen LogP) is 4.31. The average molecular weight is 516 g/mol. The highest BCUT2D eigenvalue weighted by Gasteiger charge is 2.29. The van der Waals surface area contributed by atoms with E-state index in [9.17, 15) is 13.2 Å². The second-order valence-electron chi connectivity index (χ2n) is 8.87. The van der Waals surface area contributed by atoms with Crippen molar-refractivity contribution in [1.29, 1.82) is 0 Å². The van der Waals surface area contributed by atoms with Gasteiger partial charge in [0, 0.05) is 31.3 Å². The van der Waals surface area contributed by atoms with Crippen LogP contribution in [0.2, 0.25) is 0 Å². The molecule has 1 atom stereocenters. The molecule has 0 spiro atoms. The number of hydrogen-bond acceptors (Lipinski definition) is 7. The van der Waals surface area contributed by atoms with Crippen molar-refractivity contribution in [3.63, 3.8) is 0 Å². The molecule has 2 aromatic carbocycles. The second kappa shape index (κ2) is 10.2. The Bertz CT molecular complexity index is 1290. The Kier molecular flexibility index (Phi) is 7.06. The van der Waals surface area contributed by atoms with Crippen LogP contribution < -0.4 is 9.64 Å². The topological polar surface area (TPSA) is 89.0 Å². The zero-order valence-corrected chi connectivity index (χ0v) is 21.3. The van der Waals surface area contributed by atoms with Gasteiger partial charge in [-0.05, 0) is 62.1 Å². The first-order valence-electron chi connectivity index (χ1n) is 11.9. The maximum absolute atomic E-state index is 13.6. The van der Waals surface area contributed by atoms with E-state index in [1.54, 1.807) is 24.1 Å². The maximum atomic E-state index is 13.6. The third-order valence-electron chi connectivity index (χ3n) is 6.52. The van der Waals surface area contributed by atoms with Gasteiger partial charge in [-0.25, -0.2) is 13.4 Å². The number of benzene rings is 2. The number of aromatic nitrogens is 1. The highest BCUT2D eigenvalue weighted by molar-refractivity contribution is 7.89. The Hall–Kier alpha value is -2.53. The monoisotopic (exact) mass is 515 g/mol. The van der Waals surface area contributed by atoms with Crippen LogP contribution in [0, 0.1) is 0 Å². The summed E-state index contributed by atoms with van der Waals surface area (Å²) in [7, 11) is -1.95. The molecule has 2 aliphatic rings. The first-order valence-corrected chi connectivity index (χ1v) is 14.2. The molecular formula is C25H29N3O5S2. The molecular weight excluding hydrogens is 486 g/mol. The molecule has 0 bridgehead atoms. The van der Waals surface area contributed by atoms with Crippen LogP contribution in [0.1, 0.15) is 42.5 Å². The van der Waals surface area contributed by atoms with Gasteiger partial charge < -0.3 is 9.47 Å². The van der Waals surface area contributed by atoms with E-state index >= 15 is 0 Å². The Balaban J connectivity index is 1.43. The van der Waals surface area contributed by atoms with Gasteiger partial charge in [-0.1, -0.05) is 17.8 Å². The van der Waals surface area contributed by atoms with Crippen molar-refractivity contribution >= 4 is 42.6 Å². The molecule has 1 unspecified atom stereocenters. The van der Waals surface area contributed by atoms with E-state index < -0.39 is 10.0 Å². The van der Waals surface area contributed by atoms with Crippen LogP contribution in [0.25, 0.3) is 10.2 Å². The van der Waals surface area contributed by atoms with Gasteiger partial charge in [0.2, 0.25) is 10.0 Å². The lowest BCUT2D eigenvalue weighted by Crippen LogP contribution is -2.37. The number of thiazole rings is 1. The van der Waals surface area contributed by atoms with Crippen molar-refractivity contribution < 1.29 is 22.7 Å². The standard InChI is InChI=1S/C25H29N3O5S2/c1-32-19-9-12-23-22(16-19)26-25(34-23)28(17-20-6-5-15-33-20)24(29)18-7-10-21(11-8-18)35(30,31)27-13-3-2-4-14-27/h7-12,16,20H,2-6,13-15,17H2,1H3. The number of nitrogens with zero attached hydrogens (tertiary/aromatic N) is 3. The van der Waals surface area contributed by atoms with E-state index in [1.165, 1.54) is 27.8 Å². The van der Waals surface area contributed by atoms with Gasteiger partial charge in [-0.3, -0.25) is 9.69 Å². The number of methoxy groups -OCH3 is 1. The van der Waals surface area contributed by atoms with Gasteiger partial charge in [-0.2, -0.15) is 4.31 Å². The predicted molar refractivity (Wildman–Crippen MR) is 136 cm³/mol. The van der Waals surface area contributed by atoms with Gasteiger partial charge in [0.1, 0.15) is 5.75 Å². The van der Waals surface area contributed by atoms with Crippen LogP contribution in [-0.2, 0) is 14.8 Å². The highest BCUT2D eigenvalue weighted by atomic mass is 32.2. The number of rotatable bonds is 7. The van der Waals surface area contributed by atoms with Crippen LogP contribution in [0.3, 0.4) is 0 Å². The molecule has 0 radical (unpaired) electrons. The van der Waals surface area contributed by atoms with Crippen LogP contribution >= 0.6 is 11.3 Å². The van der Waals surface area contributed by atoms with E-state index in [-0.39, 0.29) is 16.9 Å². The molecule has 0 aliphatic carbocycles. The molecule has 1 amide bonds. The summed E-state index contributed by atoms with van der Waals surface area (Å²) in [6, 6.07) is 11.9. The number of hydrogen-bond donors (Lipinski definition) is 0. The summed E-state index contributed by atoms with van der Waals surface area (Å²) >= 11 is 1.44. The number of ether oxygens (including phenoxy) is 2. The third kappa shape index (κ3) is 5.06. The fourth-order valence-corrected chi connectivity index (χ4v) is 7.03. The summed E-state index contributed by atoms with van der Waals surface area (Å²) in [6.07, 6.45) is 4.60. The summed E-state index contributed by atoms with van der Waals surface area (Å²) in [5, 5.41) is 0.582. The van der Waals surface area contributed by atoms with Crippen LogP contribution in [-0.4, -0.2) is 63.1 Å². The van der Waals surface area contributed by atoms with Crippen LogP contribution in [0.15, 0.2) is 47.4 Å². The van der Waals surface area contributed by atoms with Crippen LogP contribution in [0.4, 0.5) is 5.13 Å². The lowest BCUT2D eigenvalue weighted by Gasteiger charge is -2.26. The molecule has 3 heterocycles. The van der Waals surface area contributed by atoms with Gasteiger partial charge in [0.05, 0.1) is 34.9 Å². The zero-order valence-electron chi connectivity index (χ0n) is 19.7. The molecule has 5 rings (SSSR count). The molecule has 0 saturated carbocycles. The lowest BCUT2D eigenvalue weighted by atomic mass is 10.2. The van der Waals surface area contributed by atoms with Gasteiger partial charge in [-0.15, -0.1) is 0 Å². The van der Waals surface area contributed by atoms with E-state index in [4.69, 9.17) is 14.5 Å². The first kappa shape index (κ1) is 24.2. The Labute approximate surface area is 209 Å². The van der Waals surface area contributed by atoms with Gasteiger partial charge in [0.25, 0.3) is 5.91 Å². The SMILES string of the molecule is COc1ccc2sc(N(CC3CCCO3)C(=O)c3ccc(S(=O)(=O)N4CCCCC4)cc3)nc2c1. The highest BCUT2D eigenvalue weighted by Crippen LogP contribution is 2.33. The third-order valence-corrected chi connectivity index (χ3v) is 9.50. The Morgan fingerprint density at radius 2 is 1.91 bits per heavy atom. The van der Waals surface area contributed by atoms with Crippen molar-refractivity contribution in [2.24, 2.45) is 0 Å². The minimum atomic E-state index is -3.55. The number of carbonyl (C=O) groups is 1. The number of sulfonamides is 1. The Morgan fingerprint density at radius 3 is 2.60 bits per heavy atom. The average Bonchev–Trinajstić information content (AvgIpc) is 3.56. The summed E-state index contributed by atoms with van der Waals surface area (Å²) in [4.78, 5) is 20.2. The smallest absolute Gasteiger partial charge is 0.260 e. The molecule has 8 nitrogen and oxygen atoms in total. The van der Waals surface area contributed by atoms with Crippen molar-refractivity contribution in [3.05, 3.63) is 48.0 Å². The van der Waals surface area contributed by atoms with E-state index in [0.717, 1.165) is 42.3 Å². The molecule has 186 valence electrons. The number of anilines is 1. The minimum absolute atomic E-state index is 0.0562. The quantitative estimate of drug-likeness (QED) is 0.466. The number of piperidine rings is 1. The van der Waals surface area contributed by atoms with Crippen LogP contribution in [0.5, 0.6) is 5.75 Å². The van der Waals surface area contributed by atoms with Crippen molar-refractivity contribution in [2.45, 2.75) is 43.1 Å². The molecule has 1 aromatic heterocycles. The number of amides is 1. The van der Waals surface area contributed by atoms with Gasteiger partial charge >= 0.3 is 0 Å². The maximum Gasteiger partial charge on any atom is 0.260 e. The van der Waals surface area contributed by atoms with Crippen molar-refractivity contribution in [2.75, 3.05) is 38.3 Å². The molecule has 10 heteroatoms. The molecule has 0 N–H and O–H groups in total. The fourth-order valence-electron chi connectivity index (χ4n) is 4.56. The molecule has 2 saturated heterocycles. The normalized spacial score (nSPS) is 19.2. The fraction of sp³-hybridized carbons (Fsp3) is 0.440. The molecule has 2 aliphatic heterocycles. The minimum Gasteiger partial charge on any atom is -0.497 e. The van der Waals surface area contributed by atoms with Crippen molar-refractivity contribution in [3.8, 4) is 5.75 Å². The second-order valence-corrected chi connectivity index (χ2v) is 11.8. The zero-order chi connectivity index (χ0) is 24.4. The first-order chi connectivity index (χ1) is 17.0.